The zero-order valence-corrected chi connectivity index (χ0v) is 6.91. The number of ether oxygens (including phenoxy) is 1. The third-order valence-electron chi connectivity index (χ3n) is 1.43. The Kier molecular flexibility index (Phi) is 3.12. The number of hydrogen-bond donors (Lipinski definition) is 0. The predicted octanol–water partition coefficient (Wildman–Crippen LogP) is 1.93. The Hall–Kier alpha value is -1.53. The minimum Gasteiger partial charge on any atom is -0.493 e. The maximum atomic E-state index is 10.1. The van der Waals surface area contributed by atoms with Crippen LogP contribution >= 0.6 is 0 Å². The van der Waals surface area contributed by atoms with E-state index in [1.54, 1.807) is 5.94 Å². The van der Waals surface area contributed by atoms with E-state index in [4.69, 9.17) is 4.74 Å². The van der Waals surface area contributed by atoms with Crippen LogP contribution in [-0.4, -0.2) is 12.5 Å². The fourth-order valence-electron chi connectivity index (χ4n) is 0.950. The van der Waals surface area contributed by atoms with Crippen LogP contribution in [0.25, 0.3) is 6.08 Å². The molecule has 0 aromatic heterocycles. The van der Waals surface area contributed by atoms with Crippen molar-refractivity contribution in [2.24, 2.45) is 0 Å². The van der Waals surface area contributed by atoms with Crippen LogP contribution < -0.4 is 4.74 Å². The maximum absolute atomic E-state index is 10.1. The molecular formula is C10H10O2. The van der Waals surface area contributed by atoms with E-state index in [0.29, 0.717) is 6.61 Å². The molecule has 0 aliphatic carbocycles. The molecule has 0 spiro atoms. The molecule has 0 atom stereocenters. The minimum atomic E-state index is 0.601. The van der Waals surface area contributed by atoms with Crippen molar-refractivity contribution in [2.75, 3.05) is 6.61 Å². The summed E-state index contributed by atoms with van der Waals surface area (Å²) in [7, 11) is 0. The van der Waals surface area contributed by atoms with Gasteiger partial charge in [-0.2, -0.15) is 0 Å². The summed E-state index contributed by atoms with van der Waals surface area (Å²) in [6, 6.07) is 7.36. The van der Waals surface area contributed by atoms with Gasteiger partial charge in [-0.25, -0.2) is 4.79 Å². The van der Waals surface area contributed by atoms with E-state index in [0.717, 1.165) is 11.3 Å². The molecule has 0 fully saturated rings. The zero-order valence-electron chi connectivity index (χ0n) is 6.91. The van der Waals surface area contributed by atoms with Crippen molar-refractivity contribution in [3.05, 3.63) is 29.8 Å². The third-order valence-corrected chi connectivity index (χ3v) is 1.43. The first-order valence-electron chi connectivity index (χ1n) is 3.81. The number of rotatable bonds is 3. The van der Waals surface area contributed by atoms with Crippen molar-refractivity contribution in [1.29, 1.82) is 0 Å². The second-order valence-corrected chi connectivity index (χ2v) is 2.23. The fourth-order valence-corrected chi connectivity index (χ4v) is 0.950. The van der Waals surface area contributed by atoms with Gasteiger partial charge in [0.2, 0.25) is 0 Å². The smallest absolute Gasteiger partial charge is 0.127 e. The van der Waals surface area contributed by atoms with Crippen molar-refractivity contribution >= 4 is 12.0 Å². The summed E-state index contributed by atoms with van der Waals surface area (Å²) in [4.78, 5) is 10.1. The monoisotopic (exact) mass is 162 g/mol. The van der Waals surface area contributed by atoms with Crippen LogP contribution in [0.5, 0.6) is 5.75 Å². The lowest BCUT2D eigenvalue weighted by atomic mass is 10.2. The second kappa shape index (κ2) is 4.37. The Morgan fingerprint density at radius 3 is 2.92 bits per heavy atom. The van der Waals surface area contributed by atoms with Crippen LogP contribution in [0.3, 0.4) is 0 Å². The average molecular weight is 162 g/mol. The highest BCUT2D eigenvalue weighted by Crippen LogP contribution is 2.17. The van der Waals surface area contributed by atoms with Gasteiger partial charge in [0, 0.05) is 11.6 Å². The summed E-state index contributed by atoms with van der Waals surface area (Å²) < 4.78 is 5.28. The molecule has 1 aromatic rings. The highest BCUT2D eigenvalue weighted by molar-refractivity contribution is 5.77. The van der Waals surface area contributed by atoms with E-state index in [9.17, 15) is 4.79 Å². The molecule has 0 radical (unpaired) electrons. The zero-order chi connectivity index (χ0) is 8.81. The summed E-state index contributed by atoms with van der Waals surface area (Å²) >= 11 is 0. The Morgan fingerprint density at radius 2 is 2.25 bits per heavy atom. The molecule has 0 bridgehead atoms. The first kappa shape index (κ1) is 8.57. The molecule has 0 N–H and O–H groups in total. The molecule has 0 aliphatic heterocycles. The lowest BCUT2D eigenvalue weighted by molar-refractivity contribution is 0.339. The SMILES string of the molecule is CCOc1ccccc1C=C=O. The Morgan fingerprint density at radius 1 is 1.50 bits per heavy atom. The van der Waals surface area contributed by atoms with Gasteiger partial charge in [0.25, 0.3) is 0 Å². The van der Waals surface area contributed by atoms with Gasteiger partial charge in [0.1, 0.15) is 11.7 Å². The summed E-state index contributed by atoms with van der Waals surface area (Å²) in [5.74, 6) is 2.45. The first-order chi connectivity index (χ1) is 5.88. The third kappa shape index (κ3) is 1.97. The summed E-state index contributed by atoms with van der Waals surface area (Å²) in [5.41, 5.74) is 0.773. The first-order valence-corrected chi connectivity index (χ1v) is 3.81. The van der Waals surface area contributed by atoms with Gasteiger partial charge < -0.3 is 4.74 Å². The van der Waals surface area contributed by atoms with Crippen LogP contribution in [0.4, 0.5) is 0 Å². The second-order valence-electron chi connectivity index (χ2n) is 2.23. The van der Waals surface area contributed by atoms with Crippen LogP contribution in [0.15, 0.2) is 24.3 Å². The molecule has 0 saturated carbocycles. The molecule has 1 aromatic carbocycles. The number of carbonyl (C=O) groups excluding carboxylic acids is 1. The van der Waals surface area contributed by atoms with Crippen LogP contribution in [-0.2, 0) is 4.79 Å². The topological polar surface area (TPSA) is 26.3 Å². The van der Waals surface area contributed by atoms with E-state index in [2.05, 4.69) is 0 Å². The molecule has 0 saturated heterocycles. The van der Waals surface area contributed by atoms with E-state index >= 15 is 0 Å². The molecular weight excluding hydrogens is 152 g/mol. The van der Waals surface area contributed by atoms with Gasteiger partial charge in [-0.15, -0.1) is 0 Å². The number of hydrogen-bond acceptors (Lipinski definition) is 2. The molecule has 0 heterocycles. The molecule has 2 nitrogen and oxygen atoms in total. The lowest BCUT2D eigenvalue weighted by Crippen LogP contribution is -1.92. The van der Waals surface area contributed by atoms with Crippen molar-refractivity contribution in [3.8, 4) is 5.75 Å². The normalized spacial score (nSPS) is 8.75. The van der Waals surface area contributed by atoms with Crippen LogP contribution in [0.1, 0.15) is 12.5 Å². The van der Waals surface area contributed by atoms with Crippen molar-refractivity contribution in [1.82, 2.24) is 0 Å². The van der Waals surface area contributed by atoms with Gasteiger partial charge in [-0.1, -0.05) is 18.2 Å². The maximum Gasteiger partial charge on any atom is 0.127 e. The average Bonchev–Trinajstić information content (AvgIpc) is 2.09. The van der Waals surface area contributed by atoms with E-state index in [1.807, 2.05) is 31.2 Å². The molecule has 1 rings (SSSR count). The molecule has 0 amide bonds. The largest absolute Gasteiger partial charge is 0.493 e. The molecule has 62 valence electrons. The number of para-hydroxylation sites is 1. The number of benzene rings is 1. The molecule has 2 heteroatoms. The molecule has 0 unspecified atom stereocenters. The van der Waals surface area contributed by atoms with Crippen molar-refractivity contribution in [2.45, 2.75) is 6.92 Å². The van der Waals surface area contributed by atoms with Crippen LogP contribution in [0.2, 0.25) is 0 Å². The van der Waals surface area contributed by atoms with E-state index < -0.39 is 0 Å². The fraction of sp³-hybridized carbons (Fsp3) is 0.200. The van der Waals surface area contributed by atoms with Gasteiger partial charge in [0.05, 0.1) is 6.61 Å². The predicted molar refractivity (Wildman–Crippen MR) is 47.8 cm³/mol. The summed E-state index contributed by atoms with van der Waals surface area (Å²) in [6.45, 7) is 2.51. The van der Waals surface area contributed by atoms with Crippen LogP contribution in [0, 0.1) is 0 Å². The quantitative estimate of drug-likeness (QED) is 0.635. The Bertz CT molecular complexity index is 298. The summed E-state index contributed by atoms with van der Waals surface area (Å²) in [6.07, 6.45) is 1.37. The standard InChI is InChI=1S/C10H10O2/c1-2-12-10-6-4-3-5-9(10)7-8-11/h3-7H,2H2,1H3. The van der Waals surface area contributed by atoms with Gasteiger partial charge in [-0.05, 0) is 13.0 Å². The molecule has 12 heavy (non-hydrogen) atoms. The Labute approximate surface area is 71.5 Å². The highest BCUT2D eigenvalue weighted by atomic mass is 16.5. The van der Waals surface area contributed by atoms with Crippen molar-refractivity contribution in [3.63, 3.8) is 0 Å². The van der Waals surface area contributed by atoms with Gasteiger partial charge >= 0.3 is 0 Å². The lowest BCUT2D eigenvalue weighted by Gasteiger charge is -2.04. The van der Waals surface area contributed by atoms with Gasteiger partial charge in [0.15, 0.2) is 0 Å². The van der Waals surface area contributed by atoms with Crippen molar-refractivity contribution < 1.29 is 9.53 Å². The minimum absolute atomic E-state index is 0.601. The highest BCUT2D eigenvalue weighted by Gasteiger charge is 1.96. The van der Waals surface area contributed by atoms with E-state index in [1.165, 1.54) is 6.08 Å². The summed E-state index contributed by atoms with van der Waals surface area (Å²) in [5, 5.41) is 0. The Balaban J connectivity index is 2.99. The van der Waals surface area contributed by atoms with E-state index in [-0.39, 0.29) is 0 Å². The van der Waals surface area contributed by atoms with Gasteiger partial charge in [-0.3, -0.25) is 0 Å². The molecule has 0 aliphatic rings.